The number of hydrogen-bond acceptors (Lipinski definition) is 4. The first-order valence-corrected chi connectivity index (χ1v) is 12.6. The van der Waals surface area contributed by atoms with Crippen molar-refractivity contribution in [3.05, 3.63) is 95.3 Å². The van der Waals surface area contributed by atoms with Crippen molar-refractivity contribution in [1.29, 1.82) is 0 Å². The van der Waals surface area contributed by atoms with E-state index in [1.807, 2.05) is 25.1 Å². The topological polar surface area (TPSA) is 54.7 Å². The monoisotopic (exact) mass is 476 g/mol. The van der Waals surface area contributed by atoms with Gasteiger partial charge in [0.25, 0.3) is 0 Å². The Morgan fingerprint density at radius 1 is 0.971 bits per heavy atom. The molecule has 1 N–H and O–H groups in total. The summed E-state index contributed by atoms with van der Waals surface area (Å²) in [7, 11) is 0. The Morgan fingerprint density at radius 3 is 2.34 bits per heavy atom. The molecule has 0 fully saturated rings. The van der Waals surface area contributed by atoms with E-state index in [0.29, 0.717) is 26.1 Å². The largest absolute Gasteiger partial charge is 0.463 e. The minimum absolute atomic E-state index is 0.0191. The molecule has 0 bridgehead atoms. The molecular formula is C30H40N2O3. The molecule has 5 heteroatoms. The van der Waals surface area contributed by atoms with Gasteiger partial charge in [-0.05, 0) is 40.7 Å². The molecule has 0 spiro atoms. The van der Waals surface area contributed by atoms with Crippen molar-refractivity contribution >= 4 is 5.97 Å². The van der Waals surface area contributed by atoms with E-state index in [1.54, 1.807) is 0 Å². The van der Waals surface area contributed by atoms with Gasteiger partial charge in [0.2, 0.25) is 0 Å². The summed E-state index contributed by atoms with van der Waals surface area (Å²) in [6, 6.07) is 23.3. The highest BCUT2D eigenvalue weighted by Gasteiger charge is 2.17. The maximum absolute atomic E-state index is 11.7. The van der Waals surface area contributed by atoms with Gasteiger partial charge in [-0.3, -0.25) is 9.69 Å². The summed E-state index contributed by atoms with van der Waals surface area (Å²) >= 11 is 0. The lowest BCUT2D eigenvalue weighted by molar-refractivity contribution is -0.147. The third-order valence-electron chi connectivity index (χ3n) is 6.09. The third kappa shape index (κ3) is 8.68. The van der Waals surface area contributed by atoms with Crippen LogP contribution in [0.2, 0.25) is 0 Å². The molecule has 35 heavy (non-hydrogen) atoms. The van der Waals surface area contributed by atoms with Gasteiger partial charge in [-0.15, -0.1) is 0 Å². The maximum atomic E-state index is 11.7. The van der Waals surface area contributed by atoms with Crippen molar-refractivity contribution in [3.8, 4) is 0 Å². The van der Waals surface area contributed by atoms with Gasteiger partial charge in [0.05, 0.1) is 0 Å². The van der Waals surface area contributed by atoms with Crippen LogP contribution in [0.15, 0.2) is 72.9 Å². The lowest BCUT2D eigenvalue weighted by Gasteiger charge is -2.26. The average molecular weight is 477 g/mol. The molecule has 0 aliphatic heterocycles. The van der Waals surface area contributed by atoms with E-state index in [-0.39, 0.29) is 18.0 Å². The molecular weight excluding hydrogens is 436 g/mol. The quantitative estimate of drug-likeness (QED) is 0.349. The number of aliphatic hydroxyl groups excluding tert-OH is 1. The Hall–Kier alpha value is -2.89. The van der Waals surface area contributed by atoms with Crippen LogP contribution in [0.25, 0.3) is 0 Å². The second-order valence-corrected chi connectivity index (χ2v) is 10.3. The molecule has 5 nitrogen and oxygen atoms in total. The number of hydrogen-bond donors (Lipinski definition) is 1. The number of benzene rings is 2. The summed E-state index contributed by atoms with van der Waals surface area (Å²) in [5.41, 5.74) is 5.08. The van der Waals surface area contributed by atoms with Crippen LogP contribution in [0.3, 0.4) is 0 Å². The molecule has 0 radical (unpaired) electrons. The van der Waals surface area contributed by atoms with Crippen LogP contribution in [-0.4, -0.2) is 39.8 Å². The highest BCUT2D eigenvalue weighted by atomic mass is 16.5. The highest BCUT2D eigenvalue weighted by molar-refractivity contribution is 5.69. The van der Waals surface area contributed by atoms with Gasteiger partial charge in [0.1, 0.15) is 12.7 Å². The van der Waals surface area contributed by atoms with E-state index >= 15 is 0 Å². The SMILES string of the molecule is CCCC(=O)OC[C@H](O)CN(Cc1ccccc1)Cc1cccn1Cc1ccc(C(C)(C)C)cc1. The Morgan fingerprint density at radius 2 is 1.69 bits per heavy atom. The maximum Gasteiger partial charge on any atom is 0.305 e. The van der Waals surface area contributed by atoms with Gasteiger partial charge in [-0.1, -0.05) is 82.3 Å². The first kappa shape index (κ1) is 26.7. The molecule has 3 rings (SSSR count). The normalized spacial score (nSPS) is 12.6. The van der Waals surface area contributed by atoms with Crippen LogP contribution in [0.4, 0.5) is 0 Å². The van der Waals surface area contributed by atoms with Crippen molar-refractivity contribution in [2.24, 2.45) is 0 Å². The molecule has 2 aromatic carbocycles. The smallest absolute Gasteiger partial charge is 0.305 e. The van der Waals surface area contributed by atoms with E-state index in [2.05, 4.69) is 85.0 Å². The lowest BCUT2D eigenvalue weighted by atomic mass is 9.87. The summed E-state index contributed by atoms with van der Waals surface area (Å²) in [5.74, 6) is -0.257. The summed E-state index contributed by atoms with van der Waals surface area (Å²) in [5, 5.41) is 10.6. The van der Waals surface area contributed by atoms with Crippen molar-refractivity contribution in [2.75, 3.05) is 13.2 Å². The lowest BCUT2D eigenvalue weighted by Crippen LogP contribution is -2.35. The van der Waals surface area contributed by atoms with Gasteiger partial charge >= 0.3 is 5.97 Å². The fraction of sp³-hybridized carbons (Fsp3) is 0.433. The first-order chi connectivity index (χ1) is 16.7. The number of carbonyl (C=O) groups excluding carboxylic acids is 1. The molecule has 0 aliphatic carbocycles. The molecule has 0 saturated heterocycles. The van der Waals surface area contributed by atoms with Crippen molar-refractivity contribution in [1.82, 2.24) is 9.47 Å². The number of aromatic nitrogens is 1. The molecule has 0 aliphatic rings. The predicted molar refractivity (Wildman–Crippen MR) is 141 cm³/mol. The van der Waals surface area contributed by atoms with Crippen molar-refractivity contribution in [3.63, 3.8) is 0 Å². The summed E-state index contributed by atoms with van der Waals surface area (Å²) in [4.78, 5) is 13.9. The molecule has 1 aromatic heterocycles. The van der Waals surface area contributed by atoms with E-state index < -0.39 is 6.10 Å². The van der Waals surface area contributed by atoms with Crippen LogP contribution in [0, 0.1) is 0 Å². The second kappa shape index (κ2) is 12.7. The van der Waals surface area contributed by atoms with Crippen LogP contribution in [0.5, 0.6) is 0 Å². The van der Waals surface area contributed by atoms with Gasteiger partial charge < -0.3 is 14.4 Å². The minimum Gasteiger partial charge on any atom is -0.463 e. The Bertz CT molecular complexity index is 1040. The predicted octanol–water partition coefficient (Wildman–Crippen LogP) is 5.54. The zero-order chi connectivity index (χ0) is 25.3. The Labute approximate surface area is 210 Å². The summed E-state index contributed by atoms with van der Waals surface area (Å²) < 4.78 is 7.51. The summed E-state index contributed by atoms with van der Waals surface area (Å²) in [6.07, 6.45) is 2.49. The van der Waals surface area contributed by atoms with Crippen LogP contribution < -0.4 is 0 Å². The fourth-order valence-corrected chi connectivity index (χ4v) is 4.13. The van der Waals surface area contributed by atoms with Crippen LogP contribution in [0.1, 0.15) is 62.9 Å². The van der Waals surface area contributed by atoms with E-state index in [1.165, 1.54) is 22.4 Å². The minimum atomic E-state index is -0.743. The molecule has 0 saturated carbocycles. The number of aliphatic hydroxyl groups is 1. The van der Waals surface area contributed by atoms with Gasteiger partial charge in [0.15, 0.2) is 0 Å². The number of esters is 1. The number of nitrogens with zero attached hydrogens (tertiary/aromatic N) is 2. The first-order valence-electron chi connectivity index (χ1n) is 12.6. The molecule has 1 atom stereocenters. The molecule has 3 aromatic rings. The molecule has 0 amide bonds. The van der Waals surface area contributed by atoms with E-state index in [9.17, 15) is 9.90 Å². The molecule has 0 unspecified atom stereocenters. The molecule has 188 valence electrons. The van der Waals surface area contributed by atoms with Gasteiger partial charge in [0, 0.05) is 44.5 Å². The number of ether oxygens (including phenoxy) is 1. The van der Waals surface area contributed by atoms with Crippen molar-refractivity contribution < 1.29 is 14.6 Å². The average Bonchev–Trinajstić information content (AvgIpc) is 3.24. The summed E-state index contributed by atoms with van der Waals surface area (Å²) in [6.45, 7) is 11.2. The number of rotatable bonds is 12. The van der Waals surface area contributed by atoms with E-state index in [0.717, 1.165) is 13.0 Å². The standard InChI is InChI=1S/C30H40N2O3/c1-5-10-29(34)35-23-28(33)22-31(19-24-11-7-6-8-12-24)21-27-13-9-18-32(27)20-25-14-16-26(17-15-25)30(2,3)4/h6-9,11-18,28,33H,5,10,19-23H2,1-4H3/t28-/m1/s1. The third-order valence-corrected chi connectivity index (χ3v) is 6.09. The Balaban J connectivity index is 1.69. The Kier molecular flexibility index (Phi) is 9.70. The van der Waals surface area contributed by atoms with Crippen LogP contribution in [-0.2, 0) is 34.6 Å². The van der Waals surface area contributed by atoms with Gasteiger partial charge in [-0.25, -0.2) is 0 Å². The highest BCUT2D eigenvalue weighted by Crippen LogP contribution is 2.23. The zero-order valence-electron chi connectivity index (χ0n) is 21.6. The number of carbonyl (C=O) groups is 1. The second-order valence-electron chi connectivity index (χ2n) is 10.3. The fourth-order valence-electron chi connectivity index (χ4n) is 4.13. The van der Waals surface area contributed by atoms with Gasteiger partial charge in [-0.2, -0.15) is 0 Å². The van der Waals surface area contributed by atoms with E-state index in [4.69, 9.17) is 4.74 Å². The zero-order valence-corrected chi connectivity index (χ0v) is 21.6. The van der Waals surface area contributed by atoms with Crippen molar-refractivity contribution in [2.45, 2.75) is 71.7 Å². The van der Waals surface area contributed by atoms with Crippen LogP contribution >= 0.6 is 0 Å². The molecule has 1 heterocycles.